The molecule has 0 saturated carbocycles. The van der Waals surface area contributed by atoms with Crippen LogP contribution in [0.3, 0.4) is 0 Å². The number of nitrogens with one attached hydrogen (secondary N) is 1. The van der Waals surface area contributed by atoms with Crippen LogP contribution < -0.4 is 10.2 Å². The van der Waals surface area contributed by atoms with Crippen LogP contribution in [0.25, 0.3) is 0 Å². The molecular formula is C14H22N2O3S. The predicted octanol–water partition coefficient (Wildman–Crippen LogP) is 0.657. The van der Waals surface area contributed by atoms with Gasteiger partial charge in [-0.15, -0.1) is 0 Å². The fourth-order valence-corrected chi connectivity index (χ4v) is 3.52. The summed E-state index contributed by atoms with van der Waals surface area (Å²) in [7, 11) is -1.15. The van der Waals surface area contributed by atoms with Gasteiger partial charge in [-0.3, -0.25) is 0 Å². The van der Waals surface area contributed by atoms with Crippen LogP contribution in [-0.2, 0) is 21.1 Å². The summed E-state index contributed by atoms with van der Waals surface area (Å²) in [5.74, 6) is 0.497. The monoisotopic (exact) mass is 298 g/mol. The smallest absolute Gasteiger partial charge is 0.153 e. The summed E-state index contributed by atoms with van der Waals surface area (Å²) in [6.07, 6.45) is 0. The molecule has 1 fully saturated rings. The van der Waals surface area contributed by atoms with Crippen molar-refractivity contribution < 1.29 is 13.2 Å². The number of hydrogen-bond donors (Lipinski definition) is 1. The first-order valence-corrected chi connectivity index (χ1v) is 8.67. The van der Waals surface area contributed by atoms with Crippen molar-refractivity contribution in [3.63, 3.8) is 0 Å². The number of rotatable bonds is 6. The Hall–Kier alpha value is -1.11. The average molecular weight is 298 g/mol. The van der Waals surface area contributed by atoms with E-state index in [4.69, 9.17) is 4.74 Å². The third kappa shape index (κ3) is 4.19. The lowest BCUT2D eigenvalue weighted by molar-refractivity contribution is 0.199. The molecular weight excluding hydrogens is 276 g/mol. The standard InChI is InChI=1S/C14H22N2O3S/c1-19-9-6-15-12-13-4-2-3-5-14(13)16-7-10-20(17,18)11-8-16/h2-5,15H,6-12H2,1H3. The van der Waals surface area contributed by atoms with Gasteiger partial charge in [0.15, 0.2) is 9.84 Å². The summed E-state index contributed by atoms with van der Waals surface area (Å²) in [4.78, 5) is 2.16. The first-order chi connectivity index (χ1) is 9.62. The zero-order valence-electron chi connectivity index (χ0n) is 11.8. The third-order valence-corrected chi connectivity index (χ3v) is 5.08. The van der Waals surface area contributed by atoms with E-state index in [-0.39, 0.29) is 11.5 Å². The lowest BCUT2D eigenvalue weighted by atomic mass is 10.1. The molecule has 20 heavy (non-hydrogen) atoms. The number of para-hydroxylation sites is 1. The summed E-state index contributed by atoms with van der Waals surface area (Å²) >= 11 is 0. The minimum atomic E-state index is -2.83. The van der Waals surface area contributed by atoms with Crippen LogP contribution in [0.15, 0.2) is 24.3 Å². The van der Waals surface area contributed by atoms with Gasteiger partial charge in [0.1, 0.15) is 0 Å². The van der Waals surface area contributed by atoms with E-state index >= 15 is 0 Å². The highest BCUT2D eigenvalue weighted by Crippen LogP contribution is 2.22. The van der Waals surface area contributed by atoms with Gasteiger partial charge < -0.3 is 15.0 Å². The SMILES string of the molecule is COCCNCc1ccccc1N1CCS(=O)(=O)CC1. The Bertz CT molecular complexity index is 517. The van der Waals surface area contributed by atoms with Crippen LogP contribution >= 0.6 is 0 Å². The molecule has 0 radical (unpaired) electrons. The molecule has 0 atom stereocenters. The topological polar surface area (TPSA) is 58.6 Å². The molecule has 5 nitrogen and oxygen atoms in total. The molecule has 1 aromatic rings. The van der Waals surface area contributed by atoms with Gasteiger partial charge in [0.05, 0.1) is 18.1 Å². The highest BCUT2D eigenvalue weighted by atomic mass is 32.2. The molecule has 2 rings (SSSR count). The Morgan fingerprint density at radius 1 is 1.25 bits per heavy atom. The van der Waals surface area contributed by atoms with Crippen molar-refractivity contribution in [2.75, 3.05) is 49.8 Å². The van der Waals surface area contributed by atoms with Crippen molar-refractivity contribution >= 4 is 15.5 Å². The van der Waals surface area contributed by atoms with Gasteiger partial charge in [0.25, 0.3) is 0 Å². The Balaban J connectivity index is 2.00. The first-order valence-electron chi connectivity index (χ1n) is 6.85. The number of sulfone groups is 1. The second-order valence-electron chi connectivity index (χ2n) is 4.94. The summed E-state index contributed by atoms with van der Waals surface area (Å²) < 4.78 is 28.0. The summed E-state index contributed by atoms with van der Waals surface area (Å²) in [6, 6.07) is 8.15. The summed E-state index contributed by atoms with van der Waals surface area (Å²) in [5.41, 5.74) is 2.33. The van der Waals surface area contributed by atoms with E-state index in [0.717, 1.165) is 18.8 Å². The molecule has 1 heterocycles. The van der Waals surface area contributed by atoms with Gasteiger partial charge in [-0.1, -0.05) is 18.2 Å². The van der Waals surface area contributed by atoms with Crippen molar-refractivity contribution in [2.24, 2.45) is 0 Å². The van der Waals surface area contributed by atoms with Gasteiger partial charge in [0.2, 0.25) is 0 Å². The molecule has 0 amide bonds. The molecule has 6 heteroatoms. The van der Waals surface area contributed by atoms with Crippen LogP contribution in [0.1, 0.15) is 5.56 Å². The van der Waals surface area contributed by atoms with E-state index in [1.165, 1.54) is 5.56 Å². The van der Waals surface area contributed by atoms with E-state index in [1.807, 2.05) is 12.1 Å². The second-order valence-corrected chi connectivity index (χ2v) is 7.24. The molecule has 1 saturated heterocycles. The normalized spacial score (nSPS) is 18.1. The Morgan fingerprint density at radius 3 is 2.65 bits per heavy atom. The number of methoxy groups -OCH3 is 1. The molecule has 0 aliphatic carbocycles. The van der Waals surface area contributed by atoms with E-state index in [9.17, 15) is 8.42 Å². The maximum Gasteiger partial charge on any atom is 0.153 e. The highest BCUT2D eigenvalue weighted by molar-refractivity contribution is 7.91. The Kier molecular flexibility index (Phi) is 5.39. The Morgan fingerprint density at radius 2 is 1.95 bits per heavy atom. The quantitative estimate of drug-likeness (QED) is 0.782. The minimum absolute atomic E-state index is 0.248. The zero-order valence-corrected chi connectivity index (χ0v) is 12.7. The van der Waals surface area contributed by atoms with Gasteiger partial charge >= 0.3 is 0 Å². The molecule has 0 unspecified atom stereocenters. The second kappa shape index (κ2) is 7.06. The Labute approximate surface area is 120 Å². The highest BCUT2D eigenvalue weighted by Gasteiger charge is 2.22. The summed E-state index contributed by atoms with van der Waals surface area (Å²) in [5, 5.41) is 3.33. The zero-order chi connectivity index (χ0) is 14.4. The van der Waals surface area contributed by atoms with Crippen molar-refractivity contribution in [1.82, 2.24) is 5.32 Å². The lowest BCUT2D eigenvalue weighted by Crippen LogP contribution is -2.40. The van der Waals surface area contributed by atoms with Crippen LogP contribution in [-0.4, -0.2) is 53.3 Å². The number of anilines is 1. The van der Waals surface area contributed by atoms with Crippen molar-refractivity contribution in [3.05, 3.63) is 29.8 Å². The summed E-state index contributed by atoms with van der Waals surface area (Å²) in [6.45, 7) is 3.42. The van der Waals surface area contributed by atoms with Crippen molar-refractivity contribution in [1.29, 1.82) is 0 Å². The predicted molar refractivity (Wildman–Crippen MR) is 80.9 cm³/mol. The van der Waals surface area contributed by atoms with Crippen molar-refractivity contribution in [2.45, 2.75) is 6.54 Å². The van der Waals surface area contributed by atoms with Crippen LogP contribution in [0, 0.1) is 0 Å². The number of benzene rings is 1. The maximum atomic E-state index is 11.5. The number of ether oxygens (including phenoxy) is 1. The van der Waals surface area contributed by atoms with Crippen LogP contribution in [0.4, 0.5) is 5.69 Å². The van der Waals surface area contributed by atoms with Crippen LogP contribution in [0.5, 0.6) is 0 Å². The van der Waals surface area contributed by atoms with Gasteiger partial charge in [-0.2, -0.15) is 0 Å². The molecule has 0 aromatic heterocycles. The van der Waals surface area contributed by atoms with E-state index in [2.05, 4.69) is 22.3 Å². The molecule has 112 valence electrons. The van der Waals surface area contributed by atoms with E-state index in [0.29, 0.717) is 19.7 Å². The van der Waals surface area contributed by atoms with E-state index in [1.54, 1.807) is 7.11 Å². The number of nitrogens with zero attached hydrogens (tertiary/aromatic N) is 1. The molecule has 1 aliphatic heterocycles. The van der Waals surface area contributed by atoms with Gasteiger partial charge in [0, 0.05) is 39.0 Å². The molecule has 1 aliphatic rings. The molecule has 1 N–H and O–H groups in total. The largest absolute Gasteiger partial charge is 0.383 e. The molecule has 0 spiro atoms. The molecule has 1 aromatic carbocycles. The van der Waals surface area contributed by atoms with Crippen molar-refractivity contribution in [3.8, 4) is 0 Å². The maximum absolute atomic E-state index is 11.5. The first kappa shape index (κ1) is 15.3. The fourth-order valence-electron chi connectivity index (χ4n) is 2.32. The third-order valence-electron chi connectivity index (χ3n) is 3.48. The lowest BCUT2D eigenvalue weighted by Gasteiger charge is -2.30. The average Bonchev–Trinajstić information content (AvgIpc) is 2.44. The van der Waals surface area contributed by atoms with Crippen LogP contribution in [0.2, 0.25) is 0 Å². The molecule has 0 bridgehead atoms. The van der Waals surface area contributed by atoms with Gasteiger partial charge in [-0.05, 0) is 11.6 Å². The van der Waals surface area contributed by atoms with Gasteiger partial charge in [-0.25, -0.2) is 8.42 Å². The fraction of sp³-hybridized carbons (Fsp3) is 0.571. The minimum Gasteiger partial charge on any atom is -0.383 e. The number of hydrogen-bond acceptors (Lipinski definition) is 5. The van der Waals surface area contributed by atoms with E-state index < -0.39 is 9.84 Å².